The van der Waals surface area contributed by atoms with E-state index in [9.17, 15) is 10.1 Å². The fourth-order valence-corrected chi connectivity index (χ4v) is 0.774. The van der Waals surface area contributed by atoms with Gasteiger partial charge >= 0.3 is 5.82 Å². The maximum absolute atomic E-state index is 10.4. The van der Waals surface area contributed by atoms with E-state index in [0.717, 1.165) is 0 Å². The number of rotatable bonds is 2. The molecule has 0 unspecified atom stereocenters. The minimum absolute atomic E-state index is 0.0746. The Bertz CT molecular complexity index is 312. The minimum Gasteiger partial charge on any atom is -0.482 e. The summed E-state index contributed by atoms with van der Waals surface area (Å²) in [4.78, 5) is 13.4. The van der Waals surface area contributed by atoms with Gasteiger partial charge in [-0.15, -0.1) is 0 Å². The van der Waals surface area contributed by atoms with Gasteiger partial charge in [-0.05, 0) is 22.0 Å². The zero-order valence-corrected chi connectivity index (χ0v) is 6.48. The third-order valence-corrected chi connectivity index (χ3v) is 1.31. The Labute approximate surface area is 69.1 Å². The summed E-state index contributed by atoms with van der Waals surface area (Å²) in [7, 11) is 3.08. The Morgan fingerprint density at radius 2 is 2.33 bits per heavy atom. The van der Waals surface area contributed by atoms with Crippen LogP contribution in [0.15, 0.2) is 12.1 Å². The van der Waals surface area contributed by atoms with Crippen molar-refractivity contribution in [3.63, 3.8) is 0 Å². The summed E-state index contributed by atoms with van der Waals surface area (Å²) >= 11 is 0. The standard InChI is InChI=1S/C7H7N2O3/c1-5-3-4-6(12-2)7(8-5)9(10)11/h3-4H,2H2,1H3. The van der Waals surface area contributed by atoms with Gasteiger partial charge in [0.2, 0.25) is 5.75 Å². The molecule has 1 aromatic rings. The van der Waals surface area contributed by atoms with Gasteiger partial charge < -0.3 is 14.9 Å². The minimum atomic E-state index is -0.604. The molecular formula is C7H7N2O3. The summed E-state index contributed by atoms with van der Waals surface area (Å²) in [6.45, 7) is 1.67. The van der Waals surface area contributed by atoms with Crippen LogP contribution in [-0.4, -0.2) is 9.91 Å². The van der Waals surface area contributed by atoms with E-state index >= 15 is 0 Å². The molecule has 1 radical (unpaired) electrons. The van der Waals surface area contributed by atoms with Crippen molar-refractivity contribution < 1.29 is 9.66 Å². The quantitative estimate of drug-likeness (QED) is 0.494. The van der Waals surface area contributed by atoms with Crippen LogP contribution in [0.5, 0.6) is 5.75 Å². The van der Waals surface area contributed by atoms with E-state index in [2.05, 4.69) is 16.8 Å². The van der Waals surface area contributed by atoms with E-state index in [1.807, 2.05) is 0 Å². The first-order valence-corrected chi connectivity index (χ1v) is 3.19. The summed E-state index contributed by atoms with van der Waals surface area (Å²) in [5, 5.41) is 10.4. The van der Waals surface area contributed by atoms with E-state index in [1.165, 1.54) is 6.07 Å². The van der Waals surface area contributed by atoms with Crippen LogP contribution < -0.4 is 4.74 Å². The lowest BCUT2D eigenvalue weighted by molar-refractivity contribution is -0.390. The van der Waals surface area contributed by atoms with Crippen LogP contribution >= 0.6 is 0 Å². The van der Waals surface area contributed by atoms with E-state index in [1.54, 1.807) is 13.0 Å². The van der Waals surface area contributed by atoms with Gasteiger partial charge in [0.15, 0.2) is 0 Å². The molecule has 0 saturated carbocycles. The van der Waals surface area contributed by atoms with E-state index in [-0.39, 0.29) is 11.6 Å². The number of aryl methyl sites for hydroxylation is 1. The molecule has 5 nitrogen and oxygen atoms in total. The zero-order chi connectivity index (χ0) is 9.14. The third kappa shape index (κ3) is 1.50. The van der Waals surface area contributed by atoms with Crippen LogP contribution in [0.25, 0.3) is 0 Å². The molecule has 0 aliphatic carbocycles. The van der Waals surface area contributed by atoms with Crippen LogP contribution in [0.3, 0.4) is 0 Å². The molecule has 1 aromatic heterocycles. The van der Waals surface area contributed by atoms with Gasteiger partial charge in [0, 0.05) is 6.92 Å². The number of hydrogen-bond donors (Lipinski definition) is 0. The maximum Gasteiger partial charge on any atom is 0.406 e. The van der Waals surface area contributed by atoms with Crippen LogP contribution in [0.4, 0.5) is 5.82 Å². The van der Waals surface area contributed by atoms with Gasteiger partial charge in [-0.3, -0.25) is 0 Å². The summed E-state index contributed by atoms with van der Waals surface area (Å²) in [6, 6.07) is 3.08. The fourth-order valence-electron chi connectivity index (χ4n) is 0.774. The number of aromatic nitrogens is 1. The lowest BCUT2D eigenvalue weighted by atomic mass is 10.3. The molecule has 0 bridgehead atoms. The Hall–Kier alpha value is -1.65. The van der Waals surface area contributed by atoms with Crippen molar-refractivity contribution in [2.75, 3.05) is 0 Å². The molecule has 5 heteroatoms. The summed E-state index contributed by atoms with van der Waals surface area (Å²) in [5.41, 5.74) is 0.572. The highest BCUT2D eigenvalue weighted by Gasteiger charge is 2.15. The molecule has 0 atom stereocenters. The highest BCUT2D eigenvalue weighted by Crippen LogP contribution is 2.23. The summed E-state index contributed by atoms with van der Waals surface area (Å²) in [6.07, 6.45) is 0. The Balaban J connectivity index is 3.21. The van der Waals surface area contributed by atoms with Gasteiger partial charge in [0.1, 0.15) is 12.8 Å². The Morgan fingerprint density at radius 3 is 2.83 bits per heavy atom. The van der Waals surface area contributed by atoms with Gasteiger partial charge in [-0.25, -0.2) is 0 Å². The second kappa shape index (κ2) is 3.17. The van der Waals surface area contributed by atoms with Crippen molar-refractivity contribution in [2.45, 2.75) is 6.92 Å². The van der Waals surface area contributed by atoms with Crippen LogP contribution in [-0.2, 0) is 0 Å². The number of hydrogen-bond acceptors (Lipinski definition) is 4. The second-order valence-corrected chi connectivity index (χ2v) is 2.18. The van der Waals surface area contributed by atoms with E-state index in [0.29, 0.717) is 5.69 Å². The van der Waals surface area contributed by atoms with E-state index in [4.69, 9.17) is 0 Å². The number of nitrogens with zero attached hydrogens (tertiary/aromatic N) is 2. The molecule has 0 aromatic carbocycles. The van der Waals surface area contributed by atoms with Crippen molar-refractivity contribution >= 4 is 5.82 Å². The SMILES string of the molecule is [CH2]Oc1ccc(C)nc1[N+](=O)[O-]. The first kappa shape index (κ1) is 8.45. The van der Waals surface area contributed by atoms with Crippen molar-refractivity contribution in [2.24, 2.45) is 0 Å². The largest absolute Gasteiger partial charge is 0.482 e. The number of nitro groups is 1. The van der Waals surface area contributed by atoms with Gasteiger partial charge in [0.05, 0.1) is 0 Å². The summed E-state index contributed by atoms with van der Waals surface area (Å²) in [5.74, 6) is -0.226. The molecule has 0 N–H and O–H groups in total. The molecule has 12 heavy (non-hydrogen) atoms. The van der Waals surface area contributed by atoms with Crippen molar-refractivity contribution in [1.82, 2.24) is 4.98 Å². The first-order valence-electron chi connectivity index (χ1n) is 3.19. The van der Waals surface area contributed by atoms with Crippen molar-refractivity contribution in [1.29, 1.82) is 0 Å². The molecule has 0 spiro atoms. The number of ether oxygens (including phenoxy) is 1. The smallest absolute Gasteiger partial charge is 0.406 e. The molecule has 1 heterocycles. The van der Waals surface area contributed by atoms with Crippen LogP contribution in [0.2, 0.25) is 0 Å². The molecule has 63 valence electrons. The lowest BCUT2D eigenvalue weighted by Crippen LogP contribution is -1.96. The molecule has 0 amide bonds. The van der Waals surface area contributed by atoms with Gasteiger partial charge in [-0.1, -0.05) is 0 Å². The molecule has 0 fully saturated rings. The topological polar surface area (TPSA) is 65.3 Å². The predicted octanol–water partition coefficient (Wildman–Crippen LogP) is 1.47. The third-order valence-electron chi connectivity index (χ3n) is 1.31. The first-order chi connectivity index (χ1) is 5.65. The van der Waals surface area contributed by atoms with Crippen LogP contribution in [0, 0.1) is 24.1 Å². The van der Waals surface area contributed by atoms with Gasteiger partial charge in [-0.2, -0.15) is 0 Å². The number of pyridine rings is 1. The van der Waals surface area contributed by atoms with Gasteiger partial charge in [0.25, 0.3) is 0 Å². The lowest BCUT2D eigenvalue weighted by Gasteiger charge is -1.99. The molecular weight excluding hydrogens is 160 g/mol. The second-order valence-electron chi connectivity index (χ2n) is 2.18. The molecule has 0 aliphatic heterocycles. The fraction of sp³-hybridized carbons (Fsp3) is 0.143. The average molecular weight is 167 g/mol. The molecule has 0 saturated heterocycles. The van der Waals surface area contributed by atoms with Crippen molar-refractivity contribution in [3.8, 4) is 5.75 Å². The van der Waals surface area contributed by atoms with Crippen molar-refractivity contribution in [3.05, 3.63) is 35.1 Å². The summed E-state index contributed by atoms with van der Waals surface area (Å²) < 4.78 is 4.51. The van der Waals surface area contributed by atoms with Crippen LogP contribution in [0.1, 0.15) is 5.69 Å². The maximum atomic E-state index is 10.4. The highest BCUT2D eigenvalue weighted by molar-refractivity contribution is 5.40. The normalized spacial score (nSPS) is 9.50. The molecule has 0 aliphatic rings. The van der Waals surface area contributed by atoms with E-state index < -0.39 is 4.92 Å². The monoisotopic (exact) mass is 167 g/mol. The predicted molar refractivity (Wildman–Crippen MR) is 41.6 cm³/mol. The Kier molecular flexibility index (Phi) is 2.23. The zero-order valence-electron chi connectivity index (χ0n) is 6.48. The molecule has 1 rings (SSSR count). The highest BCUT2D eigenvalue weighted by atomic mass is 16.6. The Morgan fingerprint density at radius 1 is 1.67 bits per heavy atom. The average Bonchev–Trinajstić information content (AvgIpc) is 2.04.